The molecule has 1 amide bonds. The molecule has 2 heterocycles. The molecule has 3 rings (SSSR count). The summed E-state index contributed by atoms with van der Waals surface area (Å²) in [7, 11) is 0. The standard InChI is InChI=1S/C15H16FNO/c16-13-8-2-1-7-12(13)14-9-3-5-11-6-4-10-15(18)17(11)14/h1-2,4,6-8,11,14H,3,5,9-10H2/t11-,14+/m0/s1. The second-order valence-corrected chi connectivity index (χ2v) is 4.97. The van der Waals surface area contributed by atoms with E-state index in [4.69, 9.17) is 0 Å². The fraction of sp³-hybridized carbons (Fsp3) is 0.400. The van der Waals surface area contributed by atoms with Crippen molar-refractivity contribution in [1.29, 1.82) is 0 Å². The molecule has 0 N–H and O–H groups in total. The summed E-state index contributed by atoms with van der Waals surface area (Å²) in [5, 5.41) is 0. The van der Waals surface area contributed by atoms with E-state index >= 15 is 0 Å². The van der Waals surface area contributed by atoms with Crippen molar-refractivity contribution in [2.75, 3.05) is 0 Å². The molecule has 0 unspecified atom stereocenters. The minimum absolute atomic E-state index is 0.0950. The molecule has 0 spiro atoms. The van der Waals surface area contributed by atoms with Gasteiger partial charge in [-0.15, -0.1) is 0 Å². The summed E-state index contributed by atoms with van der Waals surface area (Å²) in [4.78, 5) is 14.0. The van der Waals surface area contributed by atoms with Crippen LogP contribution in [0.5, 0.6) is 0 Å². The van der Waals surface area contributed by atoms with E-state index in [-0.39, 0.29) is 23.8 Å². The highest BCUT2D eigenvalue weighted by molar-refractivity contribution is 5.80. The number of benzene rings is 1. The van der Waals surface area contributed by atoms with Crippen LogP contribution in [0.25, 0.3) is 0 Å². The van der Waals surface area contributed by atoms with Crippen molar-refractivity contribution in [2.45, 2.75) is 37.8 Å². The van der Waals surface area contributed by atoms with Gasteiger partial charge in [-0.25, -0.2) is 4.39 Å². The molecule has 0 aliphatic carbocycles. The first kappa shape index (κ1) is 11.5. The Hall–Kier alpha value is -1.64. The number of piperidine rings is 1. The van der Waals surface area contributed by atoms with Gasteiger partial charge in [0, 0.05) is 12.0 Å². The number of hydrogen-bond donors (Lipinski definition) is 0. The van der Waals surface area contributed by atoms with Gasteiger partial charge in [-0.3, -0.25) is 4.79 Å². The van der Waals surface area contributed by atoms with E-state index in [9.17, 15) is 9.18 Å². The average Bonchev–Trinajstić information content (AvgIpc) is 2.39. The van der Waals surface area contributed by atoms with Crippen LogP contribution in [0.3, 0.4) is 0 Å². The summed E-state index contributed by atoms with van der Waals surface area (Å²) in [6.07, 6.45) is 7.37. The first-order chi connectivity index (χ1) is 8.77. The molecule has 1 aromatic carbocycles. The number of halogens is 1. The number of nitrogens with zero attached hydrogens (tertiary/aromatic N) is 1. The molecule has 2 nitrogen and oxygen atoms in total. The molecule has 0 saturated carbocycles. The second-order valence-electron chi connectivity index (χ2n) is 4.97. The molecular formula is C15H16FNO. The van der Waals surface area contributed by atoms with E-state index < -0.39 is 0 Å². The molecule has 2 aliphatic rings. The van der Waals surface area contributed by atoms with Gasteiger partial charge in [0.25, 0.3) is 0 Å². The number of rotatable bonds is 1. The van der Waals surface area contributed by atoms with Crippen LogP contribution in [0.15, 0.2) is 36.4 Å². The molecule has 1 saturated heterocycles. The van der Waals surface area contributed by atoms with Gasteiger partial charge < -0.3 is 4.90 Å². The van der Waals surface area contributed by atoms with Crippen molar-refractivity contribution in [3.63, 3.8) is 0 Å². The first-order valence-corrected chi connectivity index (χ1v) is 6.49. The lowest BCUT2D eigenvalue weighted by Gasteiger charge is -2.43. The fourth-order valence-corrected chi connectivity index (χ4v) is 3.06. The number of carbonyl (C=O) groups excluding carboxylic acids is 1. The third kappa shape index (κ3) is 1.84. The lowest BCUT2D eigenvalue weighted by molar-refractivity contribution is -0.137. The number of carbonyl (C=O) groups is 1. The van der Waals surface area contributed by atoms with E-state index in [1.54, 1.807) is 12.1 Å². The zero-order valence-corrected chi connectivity index (χ0v) is 10.2. The molecule has 1 fully saturated rings. The minimum Gasteiger partial charge on any atom is -0.329 e. The summed E-state index contributed by atoms with van der Waals surface area (Å²) >= 11 is 0. The van der Waals surface area contributed by atoms with Crippen LogP contribution in [0.1, 0.15) is 37.3 Å². The Morgan fingerprint density at radius 1 is 1.22 bits per heavy atom. The van der Waals surface area contributed by atoms with Crippen molar-refractivity contribution in [2.24, 2.45) is 0 Å². The van der Waals surface area contributed by atoms with Crippen molar-refractivity contribution in [3.05, 3.63) is 47.8 Å². The smallest absolute Gasteiger partial charge is 0.227 e. The molecule has 1 aromatic rings. The molecule has 3 heteroatoms. The minimum atomic E-state index is -0.203. The predicted octanol–water partition coefficient (Wildman–Crippen LogP) is 3.21. The maximum absolute atomic E-state index is 13.9. The Bertz CT molecular complexity index is 497. The molecule has 18 heavy (non-hydrogen) atoms. The van der Waals surface area contributed by atoms with E-state index in [0.717, 1.165) is 19.3 Å². The topological polar surface area (TPSA) is 20.3 Å². The quantitative estimate of drug-likeness (QED) is 0.696. The van der Waals surface area contributed by atoms with Crippen molar-refractivity contribution >= 4 is 5.91 Å². The largest absolute Gasteiger partial charge is 0.329 e. The van der Waals surface area contributed by atoms with Gasteiger partial charge in [-0.1, -0.05) is 30.4 Å². The summed E-state index contributed by atoms with van der Waals surface area (Å²) in [5.41, 5.74) is 0.658. The highest BCUT2D eigenvalue weighted by Crippen LogP contribution is 2.37. The monoisotopic (exact) mass is 245 g/mol. The van der Waals surface area contributed by atoms with Gasteiger partial charge in [0.15, 0.2) is 0 Å². The third-order valence-corrected chi connectivity index (χ3v) is 3.87. The number of hydrogen-bond acceptors (Lipinski definition) is 1. The van der Waals surface area contributed by atoms with Gasteiger partial charge in [0.2, 0.25) is 5.91 Å². The lowest BCUT2D eigenvalue weighted by atomic mass is 9.88. The van der Waals surface area contributed by atoms with Gasteiger partial charge in [0.1, 0.15) is 5.82 Å². The van der Waals surface area contributed by atoms with Crippen LogP contribution in [-0.2, 0) is 4.79 Å². The van der Waals surface area contributed by atoms with Crippen molar-refractivity contribution in [3.8, 4) is 0 Å². The zero-order valence-electron chi connectivity index (χ0n) is 10.2. The van der Waals surface area contributed by atoms with Gasteiger partial charge in [0.05, 0.1) is 12.1 Å². The van der Waals surface area contributed by atoms with Crippen LogP contribution < -0.4 is 0 Å². The molecule has 0 radical (unpaired) electrons. The normalized spacial score (nSPS) is 27.2. The number of fused-ring (bicyclic) bond motifs is 1. The average molecular weight is 245 g/mol. The highest BCUT2D eigenvalue weighted by atomic mass is 19.1. The summed E-state index contributed by atoms with van der Waals surface area (Å²) in [6, 6.07) is 6.87. The lowest BCUT2D eigenvalue weighted by Crippen LogP contribution is -2.46. The van der Waals surface area contributed by atoms with Crippen LogP contribution in [-0.4, -0.2) is 16.8 Å². The Labute approximate surface area is 106 Å². The van der Waals surface area contributed by atoms with E-state index in [1.807, 2.05) is 17.0 Å². The maximum atomic E-state index is 13.9. The fourth-order valence-electron chi connectivity index (χ4n) is 3.06. The Kier molecular flexibility index (Phi) is 2.90. The molecule has 0 aromatic heterocycles. The van der Waals surface area contributed by atoms with Gasteiger partial charge in [-0.2, -0.15) is 0 Å². The molecule has 94 valence electrons. The van der Waals surface area contributed by atoms with Gasteiger partial charge >= 0.3 is 0 Å². The summed E-state index contributed by atoms with van der Waals surface area (Å²) in [5.74, 6) is -0.0824. The third-order valence-electron chi connectivity index (χ3n) is 3.87. The van der Waals surface area contributed by atoms with E-state index in [1.165, 1.54) is 6.07 Å². The first-order valence-electron chi connectivity index (χ1n) is 6.49. The number of amides is 1. The predicted molar refractivity (Wildman–Crippen MR) is 67.4 cm³/mol. The van der Waals surface area contributed by atoms with Crippen molar-refractivity contribution in [1.82, 2.24) is 4.90 Å². The second kappa shape index (κ2) is 4.56. The highest BCUT2D eigenvalue weighted by Gasteiger charge is 2.35. The molecule has 2 atom stereocenters. The SMILES string of the molecule is O=C1CC=C[C@@H]2CCC[C@H](c3ccccc3F)N12. The summed E-state index contributed by atoms with van der Waals surface area (Å²) in [6.45, 7) is 0. The Morgan fingerprint density at radius 2 is 2.06 bits per heavy atom. The zero-order chi connectivity index (χ0) is 12.5. The van der Waals surface area contributed by atoms with Gasteiger partial charge in [-0.05, 0) is 25.3 Å². The van der Waals surface area contributed by atoms with Crippen LogP contribution in [0, 0.1) is 5.82 Å². The summed E-state index contributed by atoms with van der Waals surface area (Å²) < 4.78 is 13.9. The van der Waals surface area contributed by atoms with Crippen LogP contribution in [0.4, 0.5) is 4.39 Å². The molecule has 2 aliphatic heterocycles. The Balaban J connectivity index is 1.98. The van der Waals surface area contributed by atoms with E-state index in [0.29, 0.717) is 12.0 Å². The maximum Gasteiger partial charge on any atom is 0.227 e. The Morgan fingerprint density at radius 3 is 2.89 bits per heavy atom. The van der Waals surface area contributed by atoms with E-state index in [2.05, 4.69) is 6.08 Å². The molecular weight excluding hydrogens is 229 g/mol. The van der Waals surface area contributed by atoms with Crippen LogP contribution >= 0.6 is 0 Å². The van der Waals surface area contributed by atoms with Crippen molar-refractivity contribution < 1.29 is 9.18 Å². The van der Waals surface area contributed by atoms with Crippen LogP contribution in [0.2, 0.25) is 0 Å². The molecule has 0 bridgehead atoms.